The van der Waals surface area contributed by atoms with Crippen molar-refractivity contribution in [2.45, 2.75) is 82.6 Å². The molecule has 0 spiro atoms. The van der Waals surface area contributed by atoms with E-state index in [0.29, 0.717) is 17.9 Å². The standard InChI is InChI=1S/C19H30N4O2/c24-19(20-16-7-3-1-2-4-8-16)23-11-5-6-14(13-23)12-17-21-18(22-25-17)15-9-10-15/h14-16H,1-13H2,(H,20,24). The molecule has 1 unspecified atom stereocenters. The van der Waals surface area contributed by atoms with Crippen molar-refractivity contribution in [3.05, 3.63) is 11.7 Å². The molecule has 0 radical (unpaired) electrons. The van der Waals surface area contributed by atoms with E-state index >= 15 is 0 Å². The van der Waals surface area contributed by atoms with Crippen LogP contribution in [0.2, 0.25) is 0 Å². The minimum absolute atomic E-state index is 0.126. The monoisotopic (exact) mass is 346 g/mol. The number of urea groups is 1. The largest absolute Gasteiger partial charge is 0.339 e. The van der Waals surface area contributed by atoms with Gasteiger partial charge in [0.25, 0.3) is 0 Å². The van der Waals surface area contributed by atoms with Crippen LogP contribution in [0.15, 0.2) is 4.52 Å². The van der Waals surface area contributed by atoms with Crippen LogP contribution in [0.4, 0.5) is 4.79 Å². The maximum atomic E-state index is 12.6. The first-order valence-corrected chi connectivity index (χ1v) is 10.2. The molecule has 1 atom stereocenters. The topological polar surface area (TPSA) is 71.3 Å². The molecule has 2 heterocycles. The Bertz CT molecular complexity index is 576. The van der Waals surface area contributed by atoms with E-state index in [1.165, 1.54) is 38.5 Å². The molecule has 6 nitrogen and oxygen atoms in total. The van der Waals surface area contributed by atoms with E-state index in [4.69, 9.17) is 4.52 Å². The summed E-state index contributed by atoms with van der Waals surface area (Å²) in [6.07, 6.45) is 12.8. The number of piperidine rings is 1. The first-order chi connectivity index (χ1) is 12.3. The zero-order valence-corrected chi connectivity index (χ0v) is 15.1. The summed E-state index contributed by atoms with van der Waals surface area (Å²) in [5, 5.41) is 7.38. The highest BCUT2D eigenvalue weighted by Gasteiger charge is 2.30. The quantitative estimate of drug-likeness (QED) is 0.845. The predicted molar refractivity (Wildman–Crippen MR) is 94.3 cm³/mol. The van der Waals surface area contributed by atoms with E-state index in [1.54, 1.807) is 0 Å². The number of nitrogens with one attached hydrogen (secondary N) is 1. The molecule has 4 rings (SSSR count). The van der Waals surface area contributed by atoms with Gasteiger partial charge in [0, 0.05) is 31.5 Å². The van der Waals surface area contributed by atoms with Crippen molar-refractivity contribution in [2.75, 3.05) is 13.1 Å². The second kappa shape index (κ2) is 7.75. The van der Waals surface area contributed by atoms with Gasteiger partial charge in [0.1, 0.15) is 0 Å². The molecule has 3 aliphatic rings. The third kappa shape index (κ3) is 4.53. The highest BCUT2D eigenvalue weighted by molar-refractivity contribution is 5.74. The lowest BCUT2D eigenvalue weighted by atomic mass is 9.95. The van der Waals surface area contributed by atoms with Crippen LogP contribution in [0.5, 0.6) is 0 Å². The Labute approximate surface area is 149 Å². The van der Waals surface area contributed by atoms with Gasteiger partial charge in [0.15, 0.2) is 5.82 Å². The second-order valence-electron chi connectivity index (χ2n) is 8.12. The fourth-order valence-electron chi connectivity index (χ4n) is 4.21. The highest BCUT2D eigenvalue weighted by atomic mass is 16.5. The third-order valence-electron chi connectivity index (χ3n) is 5.88. The van der Waals surface area contributed by atoms with Gasteiger partial charge in [-0.15, -0.1) is 0 Å². The Kier molecular flexibility index (Phi) is 5.22. The van der Waals surface area contributed by atoms with Gasteiger partial charge in [-0.05, 0) is 44.4 Å². The summed E-state index contributed by atoms with van der Waals surface area (Å²) in [4.78, 5) is 19.2. The molecule has 1 aliphatic heterocycles. The Morgan fingerprint density at radius 3 is 2.64 bits per heavy atom. The predicted octanol–water partition coefficient (Wildman–Crippen LogP) is 3.63. The van der Waals surface area contributed by atoms with Gasteiger partial charge >= 0.3 is 6.03 Å². The van der Waals surface area contributed by atoms with Gasteiger partial charge in [-0.3, -0.25) is 0 Å². The Hall–Kier alpha value is -1.59. The maximum Gasteiger partial charge on any atom is 0.317 e. The molecule has 1 aromatic rings. The van der Waals surface area contributed by atoms with Crippen LogP contribution in [-0.4, -0.2) is 40.2 Å². The van der Waals surface area contributed by atoms with Crippen LogP contribution in [0, 0.1) is 5.92 Å². The van der Waals surface area contributed by atoms with Crippen LogP contribution >= 0.6 is 0 Å². The second-order valence-corrected chi connectivity index (χ2v) is 8.12. The van der Waals surface area contributed by atoms with Gasteiger partial charge < -0.3 is 14.7 Å². The SMILES string of the molecule is O=C(NC1CCCCCC1)N1CCCC(Cc2nc(C3CC3)no2)C1. The van der Waals surface area contributed by atoms with E-state index in [-0.39, 0.29) is 6.03 Å². The molecule has 2 amide bonds. The van der Waals surface area contributed by atoms with Crippen molar-refractivity contribution < 1.29 is 9.32 Å². The number of nitrogens with zero attached hydrogens (tertiary/aromatic N) is 3. The molecule has 2 saturated carbocycles. The Morgan fingerprint density at radius 2 is 1.88 bits per heavy atom. The smallest absolute Gasteiger partial charge is 0.317 e. The van der Waals surface area contributed by atoms with Crippen LogP contribution < -0.4 is 5.32 Å². The molecule has 0 aromatic carbocycles. The minimum atomic E-state index is 0.126. The average Bonchev–Trinajstić information content (AvgIpc) is 3.41. The number of carbonyl (C=O) groups excluding carboxylic acids is 1. The van der Waals surface area contributed by atoms with E-state index in [0.717, 1.165) is 56.9 Å². The number of hydrogen-bond acceptors (Lipinski definition) is 4. The number of aromatic nitrogens is 2. The number of amides is 2. The molecule has 1 saturated heterocycles. The number of carbonyl (C=O) groups is 1. The summed E-state index contributed by atoms with van der Waals surface area (Å²) < 4.78 is 5.42. The third-order valence-corrected chi connectivity index (χ3v) is 5.88. The molecular weight excluding hydrogens is 316 g/mol. The summed E-state index contributed by atoms with van der Waals surface area (Å²) in [6.45, 7) is 1.67. The minimum Gasteiger partial charge on any atom is -0.339 e. The van der Waals surface area contributed by atoms with Crippen LogP contribution in [-0.2, 0) is 6.42 Å². The summed E-state index contributed by atoms with van der Waals surface area (Å²) in [5.74, 6) is 2.60. The lowest BCUT2D eigenvalue weighted by molar-refractivity contribution is 0.157. The molecule has 25 heavy (non-hydrogen) atoms. The normalized spacial score (nSPS) is 25.6. The van der Waals surface area contributed by atoms with E-state index in [1.807, 2.05) is 4.90 Å². The van der Waals surface area contributed by atoms with Gasteiger partial charge in [-0.2, -0.15) is 4.98 Å². The maximum absolute atomic E-state index is 12.6. The lowest BCUT2D eigenvalue weighted by Crippen LogP contribution is -2.48. The molecule has 2 aliphatic carbocycles. The highest BCUT2D eigenvalue weighted by Crippen LogP contribution is 2.38. The summed E-state index contributed by atoms with van der Waals surface area (Å²) in [5.41, 5.74) is 0. The van der Waals surface area contributed by atoms with Crippen molar-refractivity contribution >= 4 is 6.03 Å². The molecule has 1 N–H and O–H groups in total. The first-order valence-electron chi connectivity index (χ1n) is 10.2. The van der Waals surface area contributed by atoms with Crippen molar-refractivity contribution in [2.24, 2.45) is 5.92 Å². The van der Waals surface area contributed by atoms with Gasteiger partial charge in [0.2, 0.25) is 5.89 Å². The first kappa shape index (κ1) is 16.9. The zero-order valence-electron chi connectivity index (χ0n) is 15.1. The zero-order chi connectivity index (χ0) is 17.1. The molecule has 6 heteroatoms. The fourth-order valence-corrected chi connectivity index (χ4v) is 4.21. The van der Waals surface area contributed by atoms with E-state index < -0.39 is 0 Å². The van der Waals surface area contributed by atoms with Gasteiger partial charge in [-0.1, -0.05) is 30.8 Å². The van der Waals surface area contributed by atoms with E-state index in [9.17, 15) is 4.79 Å². The number of hydrogen-bond donors (Lipinski definition) is 1. The number of likely N-dealkylation sites (tertiary alicyclic amines) is 1. The van der Waals surface area contributed by atoms with Crippen molar-refractivity contribution in [1.29, 1.82) is 0 Å². The number of rotatable bonds is 4. The molecule has 3 fully saturated rings. The molecule has 1 aromatic heterocycles. The fraction of sp³-hybridized carbons (Fsp3) is 0.842. The Morgan fingerprint density at radius 1 is 1.08 bits per heavy atom. The van der Waals surface area contributed by atoms with Crippen molar-refractivity contribution in [3.8, 4) is 0 Å². The lowest BCUT2D eigenvalue weighted by Gasteiger charge is -2.33. The summed E-state index contributed by atoms with van der Waals surface area (Å²) in [6, 6.07) is 0.494. The van der Waals surface area contributed by atoms with Crippen LogP contribution in [0.25, 0.3) is 0 Å². The van der Waals surface area contributed by atoms with Gasteiger partial charge in [-0.25, -0.2) is 4.79 Å². The summed E-state index contributed by atoms with van der Waals surface area (Å²) in [7, 11) is 0. The molecule has 138 valence electrons. The molecular formula is C19H30N4O2. The van der Waals surface area contributed by atoms with Crippen LogP contribution in [0.3, 0.4) is 0 Å². The average molecular weight is 346 g/mol. The van der Waals surface area contributed by atoms with Crippen molar-refractivity contribution in [3.63, 3.8) is 0 Å². The molecule has 0 bridgehead atoms. The van der Waals surface area contributed by atoms with Gasteiger partial charge in [0.05, 0.1) is 0 Å². The Balaban J connectivity index is 1.28. The van der Waals surface area contributed by atoms with Crippen LogP contribution in [0.1, 0.15) is 81.8 Å². The van der Waals surface area contributed by atoms with E-state index in [2.05, 4.69) is 15.5 Å². The summed E-state index contributed by atoms with van der Waals surface area (Å²) >= 11 is 0. The van der Waals surface area contributed by atoms with Crippen molar-refractivity contribution in [1.82, 2.24) is 20.4 Å².